The summed E-state index contributed by atoms with van der Waals surface area (Å²) in [5.41, 5.74) is 1.19. The number of methoxy groups -OCH3 is 1. The van der Waals surface area contributed by atoms with E-state index < -0.39 is 23.6 Å². The van der Waals surface area contributed by atoms with E-state index in [0.29, 0.717) is 27.8 Å². The third-order valence-electron chi connectivity index (χ3n) is 5.07. The second kappa shape index (κ2) is 8.63. The van der Waals surface area contributed by atoms with E-state index in [-0.39, 0.29) is 37.7 Å². The number of halogens is 1. The number of carbonyl (C=O) groups excluding carboxylic acids is 2. The van der Waals surface area contributed by atoms with Gasteiger partial charge in [-0.25, -0.2) is 4.39 Å². The summed E-state index contributed by atoms with van der Waals surface area (Å²) in [5.74, 6) is -1.71. The first-order chi connectivity index (χ1) is 15.4. The average Bonchev–Trinajstić information content (AvgIpc) is 3.06. The number of aromatic hydroxyl groups is 1. The molecule has 11 heteroatoms. The van der Waals surface area contributed by atoms with Gasteiger partial charge >= 0.3 is 5.97 Å². The zero-order chi connectivity index (χ0) is 22.8. The molecule has 2 aromatic carbocycles. The van der Waals surface area contributed by atoms with Gasteiger partial charge in [0.25, 0.3) is 5.91 Å². The van der Waals surface area contributed by atoms with Crippen LogP contribution in [0.15, 0.2) is 35.5 Å². The van der Waals surface area contributed by atoms with Gasteiger partial charge in [-0.05, 0) is 35.5 Å². The van der Waals surface area contributed by atoms with Crippen LogP contribution in [0.3, 0.4) is 0 Å². The fourth-order valence-corrected chi connectivity index (χ4v) is 3.58. The van der Waals surface area contributed by atoms with Gasteiger partial charge < -0.3 is 29.2 Å². The molecule has 0 bridgehead atoms. The molecule has 166 valence electrons. The fraction of sp³-hybridized carbons (Fsp3) is 0.238. The van der Waals surface area contributed by atoms with Crippen molar-refractivity contribution in [3.63, 3.8) is 0 Å². The van der Waals surface area contributed by atoms with Crippen molar-refractivity contribution in [3.05, 3.63) is 57.7 Å². The molecule has 2 heterocycles. The van der Waals surface area contributed by atoms with Crippen molar-refractivity contribution in [1.29, 1.82) is 0 Å². The Balaban J connectivity index is 1.77. The third-order valence-corrected chi connectivity index (χ3v) is 5.07. The summed E-state index contributed by atoms with van der Waals surface area (Å²) >= 11 is 0. The lowest BCUT2D eigenvalue weighted by atomic mass is 10.1. The number of nitrogens with one attached hydrogen (secondary N) is 1. The maximum atomic E-state index is 14.2. The van der Waals surface area contributed by atoms with Crippen molar-refractivity contribution < 1.29 is 33.3 Å². The van der Waals surface area contributed by atoms with E-state index in [1.807, 2.05) is 0 Å². The number of nitrogens with zero attached hydrogens (tertiary/aromatic N) is 2. The molecule has 0 saturated carbocycles. The Labute approximate surface area is 180 Å². The number of aromatic nitrogens is 1. The first kappa shape index (κ1) is 21.2. The zero-order valence-corrected chi connectivity index (χ0v) is 16.9. The number of esters is 1. The number of amides is 1. The van der Waals surface area contributed by atoms with E-state index in [1.54, 1.807) is 0 Å². The van der Waals surface area contributed by atoms with Gasteiger partial charge in [0.1, 0.15) is 18.1 Å². The summed E-state index contributed by atoms with van der Waals surface area (Å²) in [5, 5.41) is 16.3. The highest BCUT2D eigenvalue weighted by molar-refractivity contribution is 6.02. The molecule has 0 saturated heterocycles. The van der Waals surface area contributed by atoms with Gasteiger partial charge in [-0.2, -0.15) is 0 Å². The van der Waals surface area contributed by atoms with Crippen molar-refractivity contribution in [3.8, 4) is 11.6 Å². The molecule has 4 rings (SSSR count). The molecule has 1 aromatic heterocycles. The standard InChI is InChI=1S/C21H18FN3O7/c1-30-17(26)7-23-20(27)11-2-3-15-16(6-11)25(21(28)18(15)24-29)8-12-4-14(22)5-13-9-31-10-32-19(12)13/h2-6,28H,7-10H2,1H3,(H,23,27). The molecule has 32 heavy (non-hydrogen) atoms. The van der Waals surface area contributed by atoms with Gasteiger partial charge in [0.2, 0.25) is 5.88 Å². The Morgan fingerprint density at radius 2 is 2.12 bits per heavy atom. The minimum Gasteiger partial charge on any atom is -0.493 e. The quantitative estimate of drug-likeness (QED) is 0.443. The SMILES string of the molecule is COC(=O)CNC(=O)c1ccc2c(N=O)c(O)n(Cc3cc(F)cc4c3OCOC4)c2c1. The largest absolute Gasteiger partial charge is 0.493 e. The third kappa shape index (κ3) is 3.85. The van der Waals surface area contributed by atoms with Gasteiger partial charge in [-0.1, -0.05) is 0 Å². The van der Waals surface area contributed by atoms with Crippen LogP contribution in [0.4, 0.5) is 10.1 Å². The van der Waals surface area contributed by atoms with E-state index >= 15 is 0 Å². The number of nitroso groups, excluding NO2 is 1. The van der Waals surface area contributed by atoms with Crippen LogP contribution in [-0.2, 0) is 27.4 Å². The lowest BCUT2D eigenvalue weighted by Crippen LogP contribution is -2.30. The molecule has 2 N–H and O–H groups in total. The van der Waals surface area contributed by atoms with E-state index in [4.69, 9.17) is 9.47 Å². The number of benzene rings is 2. The Morgan fingerprint density at radius 1 is 1.31 bits per heavy atom. The molecule has 0 aliphatic carbocycles. The number of fused-ring (bicyclic) bond motifs is 2. The highest BCUT2D eigenvalue weighted by atomic mass is 19.1. The fourth-order valence-electron chi connectivity index (χ4n) is 3.58. The Kier molecular flexibility index (Phi) is 5.73. The monoisotopic (exact) mass is 443 g/mol. The Bertz CT molecular complexity index is 1240. The summed E-state index contributed by atoms with van der Waals surface area (Å²) in [7, 11) is 1.20. The number of rotatable bonds is 6. The van der Waals surface area contributed by atoms with E-state index in [2.05, 4.69) is 15.2 Å². The summed E-state index contributed by atoms with van der Waals surface area (Å²) in [6, 6.07) is 6.88. The summed E-state index contributed by atoms with van der Waals surface area (Å²) in [6.45, 7) is -0.222. The molecule has 0 radical (unpaired) electrons. The zero-order valence-electron chi connectivity index (χ0n) is 16.9. The minimum absolute atomic E-state index is 0.00427. The molecule has 1 aliphatic rings. The highest BCUT2D eigenvalue weighted by Gasteiger charge is 2.23. The minimum atomic E-state index is -0.618. The maximum absolute atomic E-state index is 14.2. The van der Waals surface area contributed by atoms with Crippen molar-refractivity contribution in [1.82, 2.24) is 9.88 Å². The average molecular weight is 443 g/mol. The van der Waals surface area contributed by atoms with Crippen LogP contribution in [0, 0.1) is 10.7 Å². The lowest BCUT2D eigenvalue weighted by molar-refractivity contribution is -0.139. The second-order valence-corrected chi connectivity index (χ2v) is 7.00. The van der Waals surface area contributed by atoms with Crippen molar-refractivity contribution >= 4 is 28.5 Å². The smallest absolute Gasteiger partial charge is 0.325 e. The van der Waals surface area contributed by atoms with Gasteiger partial charge in [-0.3, -0.25) is 9.59 Å². The molecular weight excluding hydrogens is 425 g/mol. The molecule has 0 atom stereocenters. The number of ether oxygens (including phenoxy) is 3. The van der Waals surface area contributed by atoms with Crippen molar-refractivity contribution in [2.45, 2.75) is 13.2 Å². The lowest BCUT2D eigenvalue weighted by Gasteiger charge is -2.21. The molecule has 0 unspecified atom stereocenters. The second-order valence-electron chi connectivity index (χ2n) is 7.00. The molecule has 1 aliphatic heterocycles. The van der Waals surface area contributed by atoms with Crippen molar-refractivity contribution in [2.24, 2.45) is 5.18 Å². The van der Waals surface area contributed by atoms with E-state index in [9.17, 15) is 24.0 Å². The summed E-state index contributed by atoms with van der Waals surface area (Å²) < 4.78 is 30.7. The van der Waals surface area contributed by atoms with Crippen LogP contribution in [0.1, 0.15) is 21.5 Å². The first-order valence-corrected chi connectivity index (χ1v) is 9.48. The molecule has 1 amide bonds. The van der Waals surface area contributed by atoms with Gasteiger partial charge in [0.05, 0.1) is 25.8 Å². The Hall–Kier alpha value is -3.99. The van der Waals surface area contributed by atoms with Crippen LogP contribution in [-0.4, -0.2) is 42.0 Å². The molecule has 3 aromatic rings. The molecular formula is C21H18FN3O7. The van der Waals surface area contributed by atoms with Crippen LogP contribution < -0.4 is 10.1 Å². The van der Waals surface area contributed by atoms with Gasteiger partial charge in [0.15, 0.2) is 12.5 Å². The predicted octanol–water partition coefficient (Wildman–Crippen LogP) is 2.70. The van der Waals surface area contributed by atoms with Gasteiger partial charge in [0, 0.05) is 22.1 Å². The molecule has 0 spiro atoms. The summed E-state index contributed by atoms with van der Waals surface area (Å²) in [4.78, 5) is 35.1. The van der Waals surface area contributed by atoms with Crippen molar-refractivity contribution in [2.75, 3.05) is 20.4 Å². The molecule has 0 fully saturated rings. The van der Waals surface area contributed by atoms with Crippen LogP contribution in [0.25, 0.3) is 10.9 Å². The van der Waals surface area contributed by atoms with Gasteiger partial charge in [-0.15, -0.1) is 4.91 Å². The Morgan fingerprint density at radius 3 is 2.88 bits per heavy atom. The first-order valence-electron chi connectivity index (χ1n) is 9.48. The topological polar surface area (TPSA) is 128 Å². The number of carbonyl (C=O) groups is 2. The van der Waals surface area contributed by atoms with E-state index in [1.165, 1.54) is 42.0 Å². The molecule has 10 nitrogen and oxygen atoms in total. The number of hydrogen-bond donors (Lipinski definition) is 2. The summed E-state index contributed by atoms with van der Waals surface area (Å²) in [6.07, 6.45) is 0. The highest BCUT2D eigenvalue weighted by Crippen LogP contribution is 2.40. The normalized spacial score (nSPS) is 12.7. The van der Waals surface area contributed by atoms with E-state index in [0.717, 1.165) is 0 Å². The van der Waals surface area contributed by atoms with Crippen LogP contribution in [0.2, 0.25) is 0 Å². The van der Waals surface area contributed by atoms with Crippen LogP contribution in [0.5, 0.6) is 11.6 Å². The number of hydrogen-bond acceptors (Lipinski definition) is 8. The predicted molar refractivity (Wildman–Crippen MR) is 109 cm³/mol. The van der Waals surface area contributed by atoms with Crippen LogP contribution >= 0.6 is 0 Å². The maximum Gasteiger partial charge on any atom is 0.325 e.